The lowest BCUT2D eigenvalue weighted by Gasteiger charge is -2.32. The molecule has 3 heteroatoms. The summed E-state index contributed by atoms with van der Waals surface area (Å²) < 4.78 is 14.1. The van der Waals surface area contributed by atoms with E-state index in [1.54, 1.807) is 13.1 Å². The Balaban J connectivity index is 3.22. The molecule has 0 heterocycles. The first-order chi connectivity index (χ1) is 10.3. The molecule has 1 unspecified atom stereocenters. The van der Waals surface area contributed by atoms with Gasteiger partial charge in [0.1, 0.15) is 5.82 Å². The fourth-order valence-corrected chi connectivity index (χ4v) is 2.37. The SMILES string of the molecule is CCC(C)N(C/C(C)=C(\C)C=NC)c1cc(C)c(C)c(F)c1. The van der Waals surface area contributed by atoms with Gasteiger partial charge in [-0.25, -0.2) is 4.39 Å². The van der Waals surface area contributed by atoms with E-state index in [0.29, 0.717) is 6.04 Å². The highest BCUT2D eigenvalue weighted by Gasteiger charge is 2.16. The smallest absolute Gasteiger partial charge is 0.128 e. The molecule has 0 fully saturated rings. The Kier molecular flexibility index (Phi) is 6.79. The van der Waals surface area contributed by atoms with Crippen LogP contribution in [0.4, 0.5) is 10.1 Å². The van der Waals surface area contributed by atoms with E-state index in [0.717, 1.165) is 29.8 Å². The van der Waals surface area contributed by atoms with E-state index in [9.17, 15) is 4.39 Å². The Morgan fingerprint density at radius 1 is 1.32 bits per heavy atom. The van der Waals surface area contributed by atoms with E-state index in [1.807, 2.05) is 20.1 Å². The lowest BCUT2D eigenvalue weighted by molar-refractivity contribution is 0.606. The van der Waals surface area contributed by atoms with Crippen LogP contribution in [0.15, 0.2) is 28.3 Å². The van der Waals surface area contributed by atoms with Gasteiger partial charge in [0.15, 0.2) is 0 Å². The summed E-state index contributed by atoms with van der Waals surface area (Å²) in [5, 5.41) is 0. The maximum atomic E-state index is 14.1. The van der Waals surface area contributed by atoms with Crippen LogP contribution in [-0.2, 0) is 0 Å². The lowest BCUT2D eigenvalue weighted by atomic mass is 10.0. The number of halogens is 1. The normalized spacial score (nSPS) is 14.2. The molecule has 2 nitrogen and oxygen atoms in total. The minimum Gasteiger partial charge on any atom is -0.365 e. The third kappa shape index (κ3) is 4.43. The highest BCUT2D eigenvalue weighted by atomic mass is 19.1. The number of anilines is 1. The first kappa shape index (κ1) is 18.4. The number of hydrogen-bond donors (Lipinski definition) is 0. The molecule has 0 spiro atoms. The topological polar surface area (TPSA) is 15.6 Å². The summed E-state index contributed by atoms with van der Waals surface area (Å²) >= 11 is 0. The molecule has 0 radical (unpaired) electrons. The monoisotopic (exact) mass is 304 g/mol. The van der Waals surface area contributed by atoms with Crippen molar-refractivity contribution < 1.29 is 4.39 Å². The van der Waals surface area contributed by atoms with Crippen molar-refractivity contribution in [3.63, 3.8) is 0 Å². The molecule has 0 N–H and O–H groups in total. The van der Waals surface area contributed by atoms with E-state index >= 15 is 0 Å². The number of rotatable bonds is 6. The second-order valence-electron chi connectivity index (χ2n) is 6.11. The molecule has 1 aromatic carbocycles. The van der Waals surface area contributed by atoms with Crippen LogP contribution in [-0.4, -0.2) is 25.8 Å². The molecular weight excluding hydrogens is 275 g/mol. The third-order valence-electron chi connectivity index (χ3n) is 4.45. The molecular formula is C19H29FN2. The van der Waals surface area contributed by atoms with E-state index in [4.69, 9.17) is 0 Å². The number of allylic oxidation sites excluding steroid dienone is 1. The molecule has 22 heavy (non-hydrogen) atoms. The lowest BCUT2D eigenvalue weighted by Crippen LogP contribution is -2.34. The zero-order valence-electron chi connectivity index (χ0n) is 15.0. The van der Waals surface area contributed by atoms with Crippen molar-refractivity contribution in [2.75, 3.05) is 18.5 Å². The van der Waals surface area contributed by atoms with Crippen LogP contribution in [0.2, 0.25) is 0 Å². The number of aliphatic imine (C=N–C) groups is 1. The Morgan fingerprint density at radius 3 is 2.45 bits per heavy atom. The molecule has 0 aliphatic heterocycles. The second kappa shape index (κ2) is 8.11. The summed E-state index contributed by atoms with van der Waals surface area (Å²) in [5.74, 6) is -0.128. The van der Waals surface area contributed by atoms with E-state index in [1.165, 1.54) is 11.1 Å². The third-order valence-corrected chi connectivity index (χ3v) is 4.45. The van der Waals surface area contributed by atoms with E-state index < -0.39 is 0 Å². The molecule has 0 saturated carbocycles. The predicted octanol–water partition coefficient (Wildman–Crippen LogP) is 5.08. The molecule has 0 aliphatic rings. The van der Waals surface area contributed by atoms with Gasteiger partial charge < -0.3 is 4.90 Å². The van der Waals surface area contributed by atoms with Crippen LogP contribution in [0.3, 0.4) is 0 Å². The van der Waals surface area contributed by atoms with Gasteiger partial charge in [0.2, 0.25) is 0 Å². The minimum atomic E-state index is -0.128. The van der Waals surface area contributed by atoms with Crippen molar-refractivity contribution in [3.8, 4) is 0 Å². The molecule has 0 saturated heterocycles. The Hall–Kier alpha value is -1.64. The maximum Gasteiger partial charge on any atom is 0.128 e. The van der Waals surface area contributed by atoms with Gasteiger partial charge in [0, 0.05) is 31.5 Å². The second-order valence-corrected chi connectivity index (χ2v) is 6.11. The van der Waals surface area contributed by atoms with Crippen molar-refractivity contribution in [3.05, 3.63) is 40.2 Å². The Labute approximate surface area is 134 Å². The van der Waals surface area contributed by atoms with E-state index in [2.05, 4.69) is 43.7 Å². The van der Waals surface area contributed by atoms with Crippen LogP contribution in [0.1, 0.15) is 45.2 Å². The van der Waals surface area contributed by atoms with Gasteiger partial charge in [-0.05, 0) is 75.4 Å². The van der Waals surface area contributed by atoms with Crippen molar-refractivity contribution >= 4 is 11.9 Å². The fraction of sp³-hybridized carbons (Fsp3) is 0.526. The molecule has 0 aliphatic carbocycles. The molecule has 1 rings (SSSR count). The molecule has 0 aromatic heterocycles. The highest BCUT2D eigenvalue weighted by molar-refractivity contribution is 5.78. The quantitative estimate of drug-likeness (QED) is 0.669. The summed E-state index contributed by atoms with van der Waals surface area (Å²) in [6, 6.07) is 4.09. The summed E-state index contributed by atoms with van der Waals surface area (Å²) in [5.41, 5.74) is 5.10. The first-order valence-electron chi connectivity index (χ1n) is 7.93. The van der Waals surface area contributed by atoms with Crippen LogP contribution >= 0.6 is 0 Å². The van der Waals surface area contributed by atoms with Crippen molar-refractivity contribution in [2.24, 2.45) is 4.99 Å². The van der Waals surface area contributed by atoms with Gasteiger partial charge in [-0.1, -0.05) is 6.92 Å². The summed E-state index contributed by atoms with van der Waals surface area (Å²) in [7, 11) is 1.78. The average molecular weight is 304 g/mol. The molecule has 0 bridgehead atoms. The molecule has 0 amide bonds. The van der Waals surface area contributed by atoms with Gasteiger partial charge in [-0.3, -0.25) is 4.99 Å². The minimum absolute atomic E-state index is 0.128. The summed E-state index contributed by atoms with van der Waals surface area (Å²) in [4.78, 5) is 6.36. The Bertz CT molecular complexity index is 550. The summed E-state index contributed by atoms with van der Waals surface area (Å²) in [6.07, 6.45) is 2.90. The largest absolute Gasteiger partial charge is 0.365 e. The van der Waals surface area contributed by atoms with Crippen LogP contribution < -0.4 is 4.90 Å². The van der Waals surface area contributed by atoms with Crippen molar-refractivity contribution in [1.29, 1.82) is 0 Å². The molecule has 1 aromatic rings. The van der Waals surface area contributed by atoms with Gasteiger partial charge >= 0.3 is 0 Å². The van der Waals surface area contributed by atoms with E-state index in [-0.39, 0.29) is 5.82 Å². The van der Waals surface area contributed by atoms with Gasteiger partial charge in [-0.2, -0.15) is 0 Å². The number of aryl methyl sites for hydroxylation is 1. The predicted molar refractivity (Wildman–Crippen MR) is 95.8 cm³/mol. The molecule has 122 valence electrons. The fourth-order valence-electron chi connectivity index (χ4n) is 2.37. The number of hydrogen-bond acceptors (Lipinski definition) is 2. The average Bonchev–Trinajstić information content (AvgIpc) is 2.48. The van der Waals surface area contributed by atoms with Crippen molar-refractivity contribution in [2.45, 2.75) is 54.0 Å². The molecule has 1 atom stereocenters. The number of nitrogens with zero attached hydrogens (tertiary/aromatic N) is 2. The summed E-state index contributed by atoms with van der Waals surface area (Å²) in [6.45, 7) is 13.1. The highest BCUT2D eigenvalue weighted by Crippen LogP contribution is 2.25. The first-order valence-corrected chi connectivity index (χ1v) is 7.93. The number of benzene rings is 1. The zero-order valence-corrected chi connectivity index (χ0v) is 15.0. The Morgan fingerprint density at radius 2 is 1.95 bits per heavy atom. The van der Waals surface area contributed by atoms with Gasteiger partial charge in [-0.15, -0.1) is 0 Å². The van der Waals surface area contributed by atoms with Gasteiger partial charge in [0.05, 0.1) is 0 Å². The van der Waals surface area contributed by atoms with Crippen molar-refractivity contribution in [1.82, 2.24) is 0 Å². The van der Waals surface area contributed by atoms with Crippen LogP contribution in [0.5, 0.6) is 0 Å². The zero-order chi connectivity index (χ0) is 16.9. The standard InChI is InChI=1S/C19H29FN2/c1-8-16(5)22(12-15(4)14(3)11-21-7)18-9-13(2)17(6)19(20)10-18/h9-11,16H,8,12H2,1-7H3/b15-14+,21-11?. The van der Waals surface area contributed by atoms with Gasteiger partial charge in [0.25, 0.3) is 0 Å². The maximum absolute atomic E-state index is 14.1. The van der Waals surface area contributed by atoms with Crippen LogP contribution in [0.25, 0.3) is 0 Å². The van der Waals surface area contributed by atoms with Crippen LogP contribution in [0, 0.1) is 19.7 Å².